The maximum atomic E-state index is 9.97. The van der Waals surface area contributed by atoms with Crippen LogP contribution in [0.15, 0.2) is 0 Å². The molecule has 0 aromatic rings. The van der Waals surface area contributed by atoms with Gasteiger partial charge in [0.1, 0.15) is 0 Å². The third-order valence-electron chi connectivity index (χ3n) is 0.809. The third-order valence-corrected chi connectivity index (χ3v) is 0.809. The highest BCUT2D eigenvalue weighted by Gasteiger charge is 2.11. The fourth-order valence-corrected chi connectivity index (χ4v) is 0.221. The van der Waals surface area contributed by atoms with E-state index in [1.165, 1.54) is 4.90 Å². The molecule has 0 spiro atoms. The first-order valence-electron chi connectivity index (χ1n) is 2.20. The van der Waals surface area contributed by atoms with Crippen molar-refractivity contribution < 1.29 is 9.90 Å². The molecule has 0 aliphatic carbocycles. The number of rotatable bonds is 2. The van der Waals surface area contributed by atoms with Crippen LogP contribution in [0.1, 0.15) is 0 Å². The summed E-state index contributed by atoms with van der Waals surface area (Å²) in [4.78, 5) is 11.4. The first-order chi connectivity index (χ1) is 3.55. The van der Waals surface area contributed by atoms with Crippen LogP contribution in [0, 0.1) is 0 Å². The van der Waals surface area contributed by atoms with Crippen LogP contribution in [-0.2, 0) is 4.79 Å². The molecule has 4 nitrogen and oxygen atoms in total. The number of nitrogens with two attached hydrogens (primary N) is 1. The van der Waals surface area contributed by atoms with Gasteiger partial charge in [-0.25, -0.2) is 4.79 Å². The number of likely N-dealkylation sites (N-methyl/N-ethyl adjacent to an activating group) is 1. The minimum Gasteiger partial charge on any atom is -0.479 e. The molecule has 0 aromatic carbocycles. The Balaban J connectivity index is 3.64. The molecule has 0 heterocycles. The van der Waals surface area contributed by atoms with Crippen molar-refractivity contribution in [2.24, 2.45) is 5.73 Å². The van der Waals surface area contributed by atoms with E-state index in [4.69, 9.17) is 10.8 Å². The number of carboxylic acid groups (broad SMARTS) is 1. The van der Waals surface area contributed by atoms with Gasteiger partial charge in [-0.15, -0.1) is 0 Å². The molecule has 0 aliphatic rings. The van der Waals surface area contributed by atoms with Gasteiger partial charge < -0.3 is 10.8 Å². The number of aliphatic carboxylic acids is 1. The molecule has 1 atom stereocenters. The largest absolute Gasteiger partial charge is 0.479 e. The lowest BCUT2D eigenvalue weighted by Crippen LogP contribution is -2.43. The van der Waals surface area contributed by atoms with Gasteiger partial charge in [-0.3, -0.25) is 4.90 Å². The molecular formula is C4H10N2O2. The molecule has 4 heteroatoms. The Bertz CT molecular complexity index is 92.0. The van der Waals surface area contributed by atoms with Crippen LogP contribution in [0.5, 0.6) is 0 Å². The molecule has 8 heavy (non-hydrogen) atoms. The molecular weight excluding hydrogens is 108 g/mol. The van der Waals surface area contributed by atoms with Crippen molar-refractivity contribution in [3.63, 3.8) is 0 Å². The Hall–Kier alpha value is -0.610. The highest BCUT2D eigenvalue weighted by atomic mass is 16.4. The number of hydrogen-bond donors (Lipinski definition) is 2. The number of nitrogens with zero attached hydrogens (tertiary/aromatic N) is 1. The summed E-state index contributed by atoms with van der Waals surface area (Å²) in [7, 11) is 3.22. The van der Waals surface area contributed by atoms with E-state index in [0.717, 1.165) is 0 Å². The maximum absolute atomic E-state index is 9.97. The molecule has 3 N–H and O–H groups in total. The van der Waals surface area contributed by atoms with Gasteiger partial charge in [0.05, 0.1) is 0 Å². The van der Waals surface area contributed by atoms with Gasteiger partial charge in [-0.1, -0.05) is 0 Å². The van der Waals surface area contributed by atoms with Crippen LogP contribution >= 0.6 is 0 Å². The summed E-state index contributed by atoms with van der Waals surface area (Å²) >= 11 is 0. The standard InChI is InChI=1S/C4H10N2O2/c1-6(2)3(5)4(7)8/h3H,5H2,1-2H3,(H,7,8)/t3-/m1/s1. The fraction of sp³-hybridized carbons (Fsp3) is 0.750. The Morgan fingerprint density at radius 2 is 2.12 bits per heavy atom. The van der Waals surface area contributed by atoms with Crippen molar-refractivity contribution in [2.75, 3.05) is 14.1 Å². The average molecular weight is 118 g/mol. The molecule has 0 bridgehead atoms. The zero-order valence-electron chi connectivity index (χ0n) is 4.96. The lowest BCUT2D eigenvalue weighted by atomic mass is 10.5. The van der Waals surface area contributed by atoms with E-state index in [1.807, 2.05) is 0 Å². The van der Waals surface area contributed by atoms with E-state index < -0.39 is 12.1 Å². The van der Waals surface area contributed by atoms with E-state index in [1.54, 1.807) is 14.1 Å². The number of hydrogen-bond acceptors (Lipinski definition) is 3. The lowest BCUT2D eigenvalue weighted by Gasteiger charge is -2.13. The van der Waals surface area contributed by atoms with Gasteiger partial charge in [0, 0.05) is 0 Å². The second-order valence-corrected chi connectivity index (χ2v) is 1.75. The van der Waals surface area contributed by atoms with Gasteiger partial charge in [-0.2, -0.15) is 0 Å². The van der Waals surface area contributed by atoms with Crippen molar-refractivity contribution in [1.29, 1.82) is 0 Å². The highest BCUT2D eigenvalue weighted by molar-refractivity contribution is 5.72. The van der Waals surface area contributed by atoms with Gasteiger partial charge in [-0.05, 0) is 14.1 Å². The van der Waals surface area contributed by atoms with Crippen LogP contribution in [0.4, 0.5) is 0 Å². The maximum Gasteiger partial charge on any atom is 0.335 e. The molecule has 0 rings (SSSR count). The number of carboxylic acids is 1. The molecule has 0 unspecified atom stereocenters. The van der Waals surface area contributed by atoms with Crippen molar-refractivity contribution in [3.8, 4) is 0 Å². The van der Waals surface area contributed by atoms with E-state index in [0.29, 0.717) is 0 Å². The second-order valence-electron chi connectivity index (χ2n) is 1.75. The summed E-state index contributed by atoms with van der Waals surface area (Å²) in [5.74, 6) is -1.00. The SMILES string of the molecule is CN(C)[C@@H](N)C(=O)O. The predicted molar refractivity (Wildman–Crippen MR) is 29.3 cm³/mol. The van der Waals surface area contributed by atoms with Crippen molar-refractivity contribution in [2.45, 2.75) is 6.17 Å². The molecule has 0 aliphatic heterocycles. The number of carbonyl (C=O) groups is 1. The topological polar surface area (TPSA) is 66.6 Å². The van der Waals surface area contributed by atoms with Crippen LogP contribution in [-0.4, -0.2) is 36.2 Å². The van der Waals surface area contributed by atoms with Crippen molar-refractivity contribution in [1.82, 2.24) is 4.90 Å². The summed E-state index contributed by atoms with van der Waals surface area (Å²) in [6.45, 7) is 0. The summed E-state index contributed by atoms with van der Waals surface area (Å²) in [5, 5.41) is 8.19. The summed E-state index contributed by atoms with van der Waals surface area (Å²) in [6.07, 6.45) is -0.880. The van der Waals surface area contributed by atoms with Crippen LogP contribution < -0.4 is 5.73 Å². The van der Waals surface area contributed by atoms with Gasteiger partial charge >= 0.3 is 5.97 Å². The quantitative estimate of drug-likeness (QED) is 0.452. The molecule has 0 radical (unpaired) electrons. The predicted octanol–water partition coefficient (Wildman–Crippen LogP) is -1.08. The molecule has 0 aromatic heterocycles. The van der Waals surface area contributed by atoms with E-state index in [9.17, 15) is 4.79 Å². The first kappa shape index (κ1) is 7.39. The Morgan fingerprint density at radius 3 is 2.12 bits per heavy atom. The monoisotopic (exact) mass is 118 g/mol. The van der Waals surface area contributed by atoms with E-state index in [-0.39, 0.29) is 0 Å². The van der Waals surface area contributed by atoms with Gasteiger partial charge in [0.25, 0.3) is 0 Å². The Kier molecular flexibility index (Phi) is 2.44. The Labute approximate surface area is 47.9 Å². The van der Waals surface area contributed by atoms with Crippen LogP contribution in [0.2, 0.25) is 0 Å². The van der Waals surface area contributed by atoms with Crippen LogP contribution in [0.25, 0.3) is 0 Å². The molecule has 0 saturated heterocycles. The highest BCUT2D eigenvalue weighted by Crippen LogP contribution is 1.80. The first-order valence-corrected chi connectivity index (χ1v) is 2.20. The van der Waals surface area contributed by atoms with Gasteiger partial charge in [0.2, 0.25) is 0 Å². The van der Waals surface area contributed by atoms with Crippen molar-refractivity contribution in [3.05, 3.63) is 0 Å². The normalized spacial score (nSPS) is 14.0. The minimum absolute atomic E-state index is 0.880. The summed E-state index contributed by atoms with van der Waals surface area (Å²) < 4.78 is 0. The summed E-state index contributed by atoms with van der Waals surface area (Å²) in [6, 6.07) is 0. The average Bonchev–Trinajstić information content (AvgIpc) is 1.64. The molecule has 0 saturated carbocycles. The molecule has 0 amide bonds. The second kappa shape index (κ2) is 2.64. The molecule has 0 fully saturated rings. The van der Waals surface area contributed by atoms with Crippen LogP contribution in [0.3, 0.4) is 0 Å². The zero-order valence-corrected chi connectivity index (χ0v) is 4.96. The Morgan fingerprint density at radius 1 is 1.75 bits per heavy atom. The zero-order chi connectivity index (χ0) is 6.73. The summed E-state index contributed by atoms with van der Waals surface area (Å²) in [5.41, 5.74) is 5.09. The fourth-order valence-electron chi connectivity index (χ4n) is 0.221. The van der Waals surface area contributed by atoms with E-state index >= 15 is 0 Å². The van der Waals surface area contributed by atoms with Gasteiger partial charge in [0.15, 0.2) is 6.17 Å². The minimum atomic E-state index is -1.00. The lowest BCUT2D eigenvalue weighted by molar-refractivity contribution is -0.142. The molecule has 48 valence electrons. The van der Waals surface area contributed by atoms with E-state index in [2.05, 4.69) is 0 Å². The van der Waals surface area contributed by atoms with Crippen molar-refractivity contribution >= 4 is 5.97 Å². The smallest absolute Gasteiger partial charge is 0.335 e. The third kappa shape index (κ3) is 1.90.